The second-order valence-electron chi connectivity index (χ2n) is 5.08. The molecule has 0 aliphatic carbocycles. The lowest BCUT2D eigenvalue weighted by Gasteiger charge is -2.06. The molecule has 0 saturated heterocycles. The van der Waals surface area contributed by atoms with Crippen molar-refractivity contribution < 1.29 is 0 Å². The summed E-state index contributed by atoms with van der Waals surface area (Å²) in [6, 6.07) is 10.8. The number of nitrogens with two attached hydrogens (primary N) is 1. The average Bonchev–Trinajstić information content (AvgIpc) is 2.67. The number of hydrogen-bond donors (Lipinski definition) is 1. The first-order chi connectivity index (χ1) is 8.56. The summed E-state index contributed by atoms with van der Waals surface area (Å²) < 4.78 is 1.72. The maximum atomic E-state index is 5.76. The largest absolute Gasteiger partial charge is 0.384 e. The second kappa shape index (κ2) is 5.25. The standard InChI is InChI=1S/C15H21N3/c1-11(2)13-7-4-12(5-8-13)6-9-14-10-15(16)18(3)17-14/h4-5,7-8,10-11H,6,9,16H2,1-3H3. The molecule has 3 nitrogen and oxygen atoms in total. The molecule has 0 saturated carbocycles. The molecule has 1 aromatic heterocycles. The Bertz CT molecular complexity index is 490. The molecule has 2 aromatic rings. The van der Waals surface area contributed by atoms with E-state index >= 15 is 0 Å². The smallest absolute Gasteiger partial charge is 0.121 e. The fourth-order valence-electron chi connectivity index (χ4n) is 2.01. The topological polar surface area (TPSA) is 43.8 Å². The molecule has 0 fully saturated rings. The van der Waals surface area contributed by atoms with E-state index in [0.29, 0.717) is 5.92 Å². The Morgan fingerprint density at radius 3 is 2.33 bits per heavy atom. The SMILES string of the molecule is CC(C)c1ccc(CCc2cc(N)n(C)n2)cc1. The van der Waals surface area contributed by atoms with E-state index in [9.17, 15) is 0 Å². The molecular formula is C15H21N3. The third-order valence-electron chi connectivity index (χ3n) is 3.28. The molecule has 0 bridgehead atoms. The molecule has 0 aliphatic heterocycles. The predicted molar refractivity (Wildman–Crippen MR) is 75.6 cm³/mol. The van der Waals surface area contributed by atoms with Crippen LogP contribution in [-0.4, -0.2) is 9.78 Å². The third-order valence-corrected chi connectivity index (χ3v) is 3.28. The molecule has 3 heteroatoms. The van der Waals surface area contributed by atoms with Crippen molar-refractivity contribution in [2.45, 2.75) is 32.6 Å². The zero-order valence-electron chi connectivity index (χ0n) is 11.4. The van der Waals surface area contributed by atoms with Gasteiger partial charge in [0.15, 0.2) is 0 Å². The fourth-order valence-corrected chi connectivity index (χ4v) is 2.01. The normalized spacial score (nSPS) is 11.1. The Balaban J connectivity index is 1.97. The van der Waals surface area contributed by atoms with Gasteiger partial charge < -0.3 is 5.73 Å². The van der Waals surface area contributed by atoms with Gasteiger partial charge in [0.1, 0.15) is 5.82 Å². The Hall–Kier alpha value is -1.77. The molecule has 0 amide bonds. The number of aryl methyl sites for hydroxylation is 3. The van der Waals surface area contributed by atoms with Gasteiger partial charge in [-0.2, -0.15) is 5.10 Å². The number of benzene rings is 1. The number of rotatable bonds is 4. The molecule has 2 rings (SSSR count). The molecule has 0 aliphatic rings. The van der Waals surface area contributed by atoms with E-state index < -0.39 is 0 Å². The van der Waals surface area contributed by atoms with Crippen molar-refractivity contribution >= 4 is 5.82 Å². The van der Waals surface area contributed by atoms with Crippen LogP contribution in [0.25, 0.3) is 0 Å². The van der Waals surface area contributed by atoms with Gasteiger partial charge >= 0.3 is 0 Å². The molecule has 0 unspecified atom stereocenters. The summed E-state index contributed by atoms with van der Waals surface area (Å²) >= 11 is 0. The first kappa shape index (κ1) is 12.7. The molecule has 18 heavy (non-hydrogen) atoms. The summed E-state index contributed by atoms with van der Waals surface area (Å²) in [5.74, 6) is 1.31. The van der Waals surface area contributed by atoms with Crippen LogP contribution in [0.4, 0.5) is 5.82 Å². The number of nitrogens with zero attached hydrogens (tertiary/aromatic N) is 2. The average molecular weight is 243 g/mol. The van der Waals surface area contributed by atoms with Crippen LogP contribution >= 0.6 is 0 Å². The Labute approximate surface area is 109 Å². The Kier molecular flexibility index (Phi) is 3.70. The van der Waals surface area contributed by atoms with Crippen LogP contribution in [0.5, 0.6) is 0 Å². The molecular weight excluding hydrogens is 222 g/mol. The highest BCUT2D eigenvalue weighted by Gasteiger charge is 2.03. The minimum Gasteiger partial charge on any atom is -0.384 e. The van der Waals surface area contributed by atoms with Crippen molar-refractivity contribution in [2.75, 3.05) is 5.73 Å². The van der Waals surface area contributed by atoms with Crippen LogP contribution in [0.15, 0.2) is 30.3 Å². The van der Waals surface area contributed by atoms with E-state index in [4.69, 9.17) is 5.73 Å². The maximum Gasteiger partial charge on any atom is 0.121 e. The summed E-state index contributed by atoms with van der Waals surface area (Å²) in [7, 11) is 1.87. The zero-order chi connectivity index (χ0) is 13.1. The van der Waals surface area contributed by atoms with E-state index in [0.717, 1.165) is 24.4 Å². The number of hydrogen-bond acceptors (Lipinski definition) is 2. The van der Waals surface area contributed by atoms with E-state index in [1.807, 2.05) is 13.1 Å². The van der Waals surface area contributed by atoms with E-state index in [1.165, 1.54) is 11.1 Å². The monoisotopic (exact) mass is 243 g/mol. The van der Waals surface area contributed by atoms with E-state index in [1.54, 1.807) is 4.68 Å². The summed E-state index contributed by atoms with van der Waals surface area (Å²) in [6.07, 6.45) is 1.95. The summed E-state index contributed by atoms with van der Waals surface area (Å²) in [5, 5.41) is 4.36. The molecule has 0 spiro atoms. The summed E-state index contributed by atoms with van der Waals surface area (Å²) in [6.45, 7) is 4.43. The molecule has 0 radical (unpaired) electrons. The van der Waals surface area contributed by atoms with Crippen LogP contribution in [0.3, 0.4) is 0 Å². The van der Waals surface area contributed by atoms with E-state index in [2.05, 4.69) is 43.2 Å². The van der Waals surface area contributed by atoms with Crippen molar-refractivity contribution in [3.05, 3.63) is 47.2 Å². The van der Waals surface area contributed by atoms with Crippen molar-refractivity contribution in [3.8, 4) is 0 Å². The van der Waals surface area contributed by atoms with Gasteiger partial charge in [-0.15, -0.1) is 0 Å². The van der Waals surface area contributed by atoms with Crippen LogP contribution in [-0.2, 0) is 19.9 Å². The van der Waals surface area contributed by atoms with Gasteiger partial charge in [-0.05, 0) is 29.9 Å². The summed E-state index contributed by atoms with van der Waals surface area (Å²) in [5.41, 5.74) is 9.56. The van der Waals surface area contributed by atoms with Crippen molar-refractivity contribution in [2.24, 2.45) is 7.05 Å². The lowest BCUT2D eigenvalue weighted by molar-refractivity contribution is 0.745. The van der Waals surface area contributed by atoms with Crippen LogP contribution in [0, 0.1) is 0 Å². The van der Waals surface area contributed by atoms with Crippen molar-refractivity contribution in [3.63, 3.8) is 0 Å². The van der Waals surface area contributed by atoms with Gasteiger partial charge in [0.2, 0.25) is 0 Å². The minimum absolute atomic E-state index is 0.592. The quantitative estimate of drug-likeness (QED) is 0.897. The number of aromatic nitrogens is 2. The highest BCUT2D eigenvalue weighted by molar-refractivity contribution is 5.31. The van der Waals surface area contributed by atoms with Gasteiger partial charge in [-0.3, -0.25) is 4.68 Å². The van der Waals surface area contributed by atoms with Crippen LogP contribution < -0.4 is 5.73 Å². The molecule has 96 valence electrons. The Morgan fingerprint density at radius 2 is 1.83 bits per heavy atom. The predicted octanol–water partition coefficient (Wildman–Crippen LogP) is 2.91. The molecule has 1 aromatic carbocycles. The van der Waals surface area contributed by atoms with Gasteiger partial charge in [0, 0.05) is 13.1 Å². The van der Waals surface area contributed by atoms with Gasteiger partial charge in [0.25, 0.3) is 0 Å². The fraction of sp³-hybridized carbons (Fsp3) is 0.400. The van der Waals surface area contributed by atoms with Crippen LogP contribution in [0.1, 0.15) is 36.6 Å². The minimum atomic E-state index is 0.592. The molecule has 2 N–H and O–H groups in total. The lowest BCUT2D eigenvalue weighted by atomic mass is 10.00. The first-order valence-electron chi connectivity index (χ1n) is 6.43. The highest BCUT2D eigenvalue weighted by Crippen LogP contribution is 2.16. The van der Waals surface area contributed by atoms with Gasteiger partial charge in [-0.1, -0.05) is 38.1 Å². The van der Waals surface area contributed by atoms with Crippen LogP contribution in [0.2, 0.25) is 0 Å². The molecule has 1 heterocycles. The zero-order valence-corrected chi connectivity index (χ0v) is 11.4. The second-order valence-corrected chi connectivity index (χ2v) is 5.08. The van der Waals surface area contributed by atoms with E-state index in [-0.39, 0.29) is 0 Å². The molecule has 0 atom stereocenters. The van der Waals surface area contributed by atoms with Gasteiger partial charge in [-0.25, -0.2) is 0 Å². The summed E-state index contributed by atoms with van der Waals surface area (Å²) in [4.78, 5) is 0. The highest BCUT2D eigenvalue weighted by atomic mass is 15.3. The first-order valence-corrected chi connectivity index (χ1v) is 6.43. The van der Waals surface area contributed by atoms with Crippen molar-refractivity contribution in [1.82, 2.24) is 9.78 Å². The third kappa shape index (κ3) is 2.92. The Morgan fingerprint density at radius 1 is 1.17 bits per heavy atom. The maximum absolute atomic E-state index is 5.76. The number of anilines is 1. The lowest BCUT2D eigenvalue weighted by Crippen LogP contribution is -1.98. The number of nitrogen functional groups attached to an aromatic ring is 1. The van der Waals surface area contributed by atoms with Crippen molar-refractivity contribution in [1.29, 1.82) is 0 Å². The van der Waals surface area contributed by atoms with Gasteiger partial charge in [0.05, 0.1) is 5.69 Å².